The molecule has 1 aromatic rings. The third kappa shape index (κ3) is 4.11. The average Bonchev–Trinajstić information content (AvgIpc) is 2.63. The minimum atomic E-state index is -2.88. The summed E-state index contributed by atoms with van der Waals surface area (Å²) in [5.41, 5.74) is 6.94. The molecular formula is C12H17F2N3. The molecule has 3 nitrogen and oxygen atoms in total. The molecule has 17 heavy (non-hydrogen) atoms. The molecule has 0 aliphatic rings. The van der Waals surface area contributed by atoms with Crippen LogP contribution in [0.4, 0.5) is 8.78 Å². The number of alkyl halides is 2. The molecule has 0 fully saturated rings. The predicted octanol–water partition coefficient (Wildman–Crippen LogP) is 2.50. The lowest BCUT2D eigenvalue weighted by Crippen LogP contribution is -2.11. The molecule has 0 unspecified atom stereocenters. The Bertz CT molecular complexity index is 427. The molecule has 0 amide bonds. The molecule has 0 atom stereocenters. The molecule has 5 heteroatoms. The van der Waals surface area contributed by atoms with E-state index in [1.807, 2.05) is 0 Å². The monoisotopic (exact) mass is 241 g/mol. The number of allylic oxidation sites excluding steroid dienone is 3. The lowest BCUT2D eigenvalue weighted by molar-refractivity contribution is 0.0678. The highest BCUT2D eigenvalue weighted by atomic mass is 19.3. The van der Waals surface area contributed by atoms with E-state index in [0.717, 1.165) is 18.1 Å². The van der Waals surface area contributed by atoms with Crippen molar-refractivity contribution in [3.05, 3.63) is 41.8 Å². The van der Waals surface area contributed by atoms with Crippen molar-refractivity contribution in [2.24, 2.45) is 5.73 Å². The highest BCUT2D eigenvalue weighted by Crippen LogP contribution is 2.23. The number of halogens is 2. The van der Waals surface area contributed by atoms with Gasteiger partial charge in [-0.25, -0.2) is 8.78 Å². The van der Waals surface area contributed by atoms with Gasteiger partial charge < -0.3 is 5.73 Å². The van der Waals surface area contributed by atoms with Gasteiger partial charge in [-0.15, -0.1) is 0 Å². The third-order valence-corrected chi connectivity index (χ3v) is 2.32. The lowest BCUT2D eigenvalue weighted by Gasteiger charge is -2.11. The van der Waals surface area contributed by atoms with E-state index in [-0.39, 0.29) is 5.57 Å². The van der Waals surface area contributed by atoms with Gasteiger partial charge in [0.15, 0.2) is 0 Å². The lowest BCUT2D eigenvalue weighted by atomic mass is 10.1. The van der Waals surface area contributed by atoms with Crippen LogP contribution in [0, 0.1) is 0 Å². The molecule has 0 aliphatic heterocycles. The molecular weight excluding hydrogens is 224 g/mol. The molecule has 0 radical (unpaired) electrons. The summed E-state index contributed by atoms with van der Waals surface area (Å²) in [7, 11) is 0. The Hall–Kier alpha value is -1.49. The van der Waals surface area contributed by atoms with Crippen molar-refractivity contribution in [3.8, 4) is 0 Å². The normalized spacial score (nSPS) is 12.9. The van der Waals surface area contributed by atoms with Crippen LogP contribution in [0.25, 0.3) is 0 Å². The first-order valence-electron chi connectivity index (χ1n) is 5.28. The molecule has 0 saturated heterocycles. The predicted molar refractivity (Wildman–Crippen MR) is 63.6 cm³/mol. The van der Waals surface area contributed by atoms with Gasteiger partial charge in [0.05, 0.1) is 12.7 Å². The Balaban J connectivity index is 2.69. The fourth-order valence-electron chi connectivity index (χ4n) is 1.32. The van der Waals surface area contributed by atoms with Gasteiger partial charge in [-0.1, -0.05) is 18.2 Å². The van der Waals surface area contributed by atoms with Gasteiger partial charge in [-0.2, -0.15) is 5.10 Å². The van der Waals surface area contributed by atoms with Gasteiger partial charge in [0, 0.05) is 30.8 Å². The summed E-state index contributed by atoms with van der Waals surface area (Å²) in [5, 5.41) is 4.08. The average molecular weight is 241 g/mol. The molecule has 2 N–H and O–H groups in total. The molecule has 94 valence electrons. The smallest absolute Gasteiger partial charge is 0.269 e. The number of nitrogens with two attached hydrogens (primary N) is 1. The van der Waals surface area contributed by atoms with Crippen LogP contribution in [0.5, 0.6) is 0 Å². The van der Waals surface area contributed by atoms with Gasteiger partial charge in [-0.3, -0.25) is 4.68 Å². The quantitative estimate of drug-likeness (QED) is 0.805. The molecule has 0 bridgehead atoms. The van der Waals surface area contributed by atoms with E-state index >= 15 is 0 Å². The van der Waals surface area contributed by atoms with Gasteiger partial charge in [0.2, 0.25) is 0 Å². The Labute approximate surface area is 99.6 Å². The summed E-state index contributed by atoms with van der Waals surface area (Å²) < 4.78 is 27.4. The van der Waals surface area contributed by atoms with Crippen LogP contribution in [-0.4, -0.2) is 15.7 Å². The van der Waals surface area contributed by atoms with Crippen LogP contribution < -0.4 is 5.73 Å². The number of hydrogen-bond donors (Lipinski definition) is 1. The van der Waals surface area contributed by atoms with E-state index in [2.05, 4.69) is 11.7 Å². The second kappa shape index (κ2) is 5.23. The molecule has 1 heterocycles. The number of nitrogens with zero attached hydrogens (tertiary/aromatic N) is 2. The zero-order chi connectivity index (χ0) is 13.1. The van der Waals surface area contributed by atoms with Crippen molar-refractivity contribution in [2.45, 2.75) is 32.9 Å². The fraction of sp³-hybridized carbons (Fsp3) is 0.417. The first kappa shape index (κ1) is 13.6. The molecule has 1 aromatic heterocycles. The number of rotatable bonds is 5. The second-order valence-electron chi connectivity index (χ2n) is 4.15. The van der Waals surface area contributed by atoms with Crippen molar-refractivity contribution in [3.63, 3.8) is 0 Å². The fourth-order valence-corrected chi connectivity index (χ4v) is 1.32. The maximum atomic E-state index is 12.9. The molecule has 0 aliphatic carbocycles. The van der Waals surface area contributed by atoms with Crippen molar-refractivity contribution in [2.75, 3.05) is 0 Å². The molecule has 0 spiro atoms. The summed E-state index contributed by atoms with van der Waals surface area (Å²) in [6.45, 7) is 6.82. The first-order valence-corrected chi connectivity index (χ1v) is 5.28. The Morgan fingerprint density at radius 2 is 2.29 bits per heavy atom. The SMILES string of the molecule is C=C(/C=C(\C)Cn1cc(CN)cn1)C(C)(F)F. The van der Waals surface area contributed by atoms with Gasteiger partial charge in [-0.05, 0) is 6.92 Å². The van der Waals surface area contributed by atoms with E-state index in [1.165, 1.54) is 6.08 Å². The topological polar surface area (TPSA) is 43.8 Å². The maximum Gasteiger partial charge on any atom is 0.269 e. The maximum absolute atomic E-state index is 12.9. The van der Waals surface area contributed by atoms with Crippen LogP contribution >= 0.6 is 0 Å². The Kier molecular flexibility index (Phi) is 4.17. The minimum Gasteiger partial charge on any atom is -0.326 e. The Morgan fingerprint density at radius 3 is 2.76 bits per heavy atom. The summed E-state index contributed by atoms with van der Waals surface area (Å²) in [6, 6.07) is 0. The molecule has 0 aromatic carbocycles. The van der Waals surface area contributed by atoms with E-state index in [9.17, 15) is 8.78 Å². The largest absolute Gasteiger partial charge is 0.326 e. The number of hydrogen-bond acceptors (Lipinski definition) is 2. The van der Waals surface area contributed by atoms with Crippen LogP contribution in [0.2, 0.25) is 0 Å². The van der Waals surface area contributed by atoms with Gasteiger partial charge >= 0.3 is 0 Å². The summed E-state index contributed by atoms with van der Waals surface area (Å²) in [5.74, 6) is -2.88. The van der Waals surface area contributed by atoms with Gasteiger partial charge in [0.1, 0.15) is 0 Å². The molecule has 1 rings (SSSR count). The summed E-state index contributed by atoms with van der Waals surface area (Å²) in [4.78, 5) is 0. The zero-order valence-corrected chi connectivity index (χ0v) is 10.1. The van der Waals surface area contributed by atoms with Crippen molar-refractivity contribution >= 4 is 0 Å². The third-order valence-electron chi connectivity index (χ3n) is 2.32. The van der Waals surface area contributed by atoms with Crippen molar-refractivity contribution < 1.29 is 8.78 Å². The van der Waals surface area contributed by atoms with Crippen LogP contribution in [0.15, 0.2) is 36.2 Å². The standard InChI is InChI=1S/C12H17F2N3/c1-9(4-10(2)12(3,13)14)7-17-8-11(5-15)6-16-17/h4,6,8H,2,5,7,15H2,1,3H3/b9-4+. The number of aromatic nitrogens is 2. The zero-order valence-electron chi connectivity index (χ0n) is 10.1. The highest BCUT2D eigenvalue weighted by Gasteiger charge is 2.23. The van der Waals surface area contributed by atoms with E-state index < -0.39 is 5.92 Å². The summed E-state index contributed by atoms with van der Waals surface area (Å²) in [6.07, 6.45) is 4.85. The van der Waals surface area contributed by atoms with Crippen LogP contribution in [0.3, 0.4) is 0 Å². The van der Waals surface area contributed by atoms with E-state index in [4.69, 9.17) is 5.73 Å². The van der Waals surface area contributed by atoms with E-state index in [1.54, 1.807) is 24.0 Å². The van der Waals surface area contributed by atoms with Crippen LogP contribution in [-0.2, 0) is 13.1 Å². The molecule has 0 saturated carbocycles. The highest BCUT2D eigenvalue weighted by molar-refractivity contribution is 5.25. The minimum absolute atomic E-state index is 0.193. The van der Waals surface area contributed by atoms with Crippen molar-refractivity contribution in [1.29, 1.82) is 0 Å². The van der Waals surface area contributed by atoms with E-state index in [0.29, 0.717) is 13.1 Å². The van der Waals surface area contributed by atoms with Crippen molar-refractivity contribution in [1.82, 2.24) is 9.78 Å². The first-order chi connectivity index (χ1) is 7.82. The second-order valence-corrected chi connectivity index (χ2v) is 4.15. The summed E-state index contributed by atoms with van der Waals surface area (Å²) >= 11 is 0. The van der Waals surface area contributed by atoms with Crippen LogP contribution in [0.1, 0.15) is 19.4 Å². The van der Waals surface area contributed by atoms with Gasteiger partial charge in [0.25, 0.3) is 5.92 Å². The Morgan fingerprint density at radius 1 is 1.65 bits per heavy atom.